The van der Waals surface area contributed by atoms with Gasteiger partial charge in [-0.2, -0.15) is 13.2 Å². The molecule has 4 aromatic rings. The summed E-state index contributed by atoms with van der Waals surface area (Å²) in [5.74, 6) is 0.259. The van der Waals surface area contributed by atoms with Crippen molar-refractivity contribution in [3.8, 4) is 17.0 Å². The van der Waals surface area contributed by atoms with E-state index in [1.165, 1.54) is 6.07 Å². The molecule has 0 aliphatic heterocycles. The Hall–Kier alpha value is -3.53. The molecular formula is C22H20ClF3N6O. The smallest absolute Gasteiger partial charge is 0.417 e. The van der Waals surface area contributed by atoms with Crippen LogP contribution in [0.15, 0.2) is 42.9 Å². The Labute approximate surface area is 192 Å². The molecule has 0 amide bonds. The molecule has 0 spiro atoms. The number of fused-ring (bicyclic) bond motifs is 1. The standard InChI is InChI=1S/C22H20ClF3N6O/c1-11(12-4-5-18(33)16(23)6-12)30-21-29-10-17(32(2)3)19(31-21)15-9-28-20-14(15)7-13(8-27-20)22(24,25)26/h4-11,33H,1-3H3,(H,27,28)(H,29,30,31). The van der Waals surface area contributed by atoms with Crippen molar-refractivity contribution in [3.63, 3.8) is 0 Å². The van der Waals surface area contributed by atoms with Gasteiger partial charge in [-0.05, 0) is 30.7 Å². The average Bonchev–Trinajstić information content (AvgIpc) is 3.18. The van der Waals surface area contributed by atoms with Crippen LogP contribution >= 0.6 is 11.6 Å². The number of aromatic amines is 1. The number of rotatable bonds is 5. The van der Waals surface area contributed by atoms with Crippen LogP contribution in [0, 0.1) is 0 Å². The number of aromatic hydroxyl groups is 1. The number of phenolic OH excluding ortho intramolecular Hbond substituents is 1. The van der Waals surface area contributed by atoms with Gasteiger partial charge in [-0.3, -0.25) is 0 Å². The minimum Gasteiger partial charge on any atom is -0.506 e. The quantitative estimate of drug-likeness (QED) is 0.345. The Morgan fingerprint density at radius 2 is 1.91 bits per heavy atom. The van der Waals surface area contributed by atoms with E-state index in [9.17, 15) is 18.3 Å². The molecule has 0 fully saturated rings. The summed E-state index contributed by atoms with van der Waals surface area (Å²) < 4.78 is 39.8. The average molecular weight is 477 g/mol. The topological polar surface area (TPSA) is 90.0 Å². The fourth-order valence-electron chi connectivity index (χ4n) is 3.39. The lowest BCUT2D eigenvalue weighted by Gasteiger charge is -2.19. The maximum Gasteiger partial charge on any atom is 0.417 e. The van der Waals surface area contributed by atoms with Gasteiger partial charge < -0.3 is 20.3 Å². The summed E-state index contributed by atoms with van der Waals surface area (Å²) in [6.45, 7) is 1.87. The van der Waals surface area contributed by atoms with Gasteiger partial charge in [0.05, 0.1) is 28.5 Å². The zero-order valence-electron chi connectivity index (χ0n) is 17.9. The van der Waals surface area contributed by atoms with Crippen LogP contribution in [-0.4, -0.2) is 39.1 Å². The number of nitrogens with zero attached hydrogens (tertiary/aromatic N) is 4. The summed E-state index contributed by atoms with van der Waals surface area (Å²) in [5, 5.41) is 13.3. The summed E-state index contributed by atoms with van der Waals surface area (Å²) in [7, 11) is 3.59. The maximum atomic E-state index is 13.3. The fourth-order valence-corrected chi connectivity index (χ4v) is 3.58. The van der Waals surface area contributed by atoms with Crippen molar-refractivity contribution >= 4 is 34.3 Å². The van der Waals surface area contributed by atoms with Crippen molar-refractivity contribution in [2.75, 3.05) is 24.3 Å². The molecule has 1 aromatic carbocycles. The number of H-pyrrole nitrogens is 1. The zero-order valence-corrected chi connectivity index (χ0v) is 18.6. The molecular weight excluding hydrogens is 457 g/mol. The van der Waals surface area contributed by atoms with Gasteiger partial charge >= 0.3 is 6.18 Å². The molecule has 33 heavy (non-hydrogen) atoms. The number of alkyl halides is 3. The second-order valence-electron chi connectivity index (χ2n) is 7.72. The van der Waals surface area contributed by atoms with Crippen LogP contribution in [0.25, 0.3) is 22.3 Å². The second kappa shape index (κ2) is 8.43. The van der Waals surface area contributed by atoms with Crippen LogP contribution in [0.2, 0.25) is 5.02 Å². The largest absolute Gasteiger partial charge is 0.506 e. The Kier molecular flexibility index (Phi) is 5.79. The molecule has 0 saturated heterocycles. The van der Waals surface area contributed by atoms with Gasteiger partial charge in [0, 0.05) is 37.4 Å². The van der Waals surface area contributed by atoms with E-state index in [0.717, 1.165) is 17.8 Å². The number of anilines is 2. The second-order valence-corrected chi connectivity index (χ2v) is 8.13. The Balaban J connectivity index is 1.77. The summed E-state index contributed by atoms with van der Waals surface area (Å²) >= 11 is 6.01. The lowest BCUT2D eigenvalue weighted by molar-refractivity contribution is -0.137. The first-order valence-electron chi connectivity index (χ1n) is 9.88. The van der Waals surface area contributed by atoms with Crippen molar-refractivity contribution < 1.29 is 18.3 Å². The van der Waals surface area contributed by atoms with Crippen molar-refractivity contribution in [3.05, 3.63) is 59.0 Å². The van der Waals surface area contributed by atoms with Gasteiger partial charge in [-0.15, -0.1) is 0 Å². The highest BCUT2D eigenvalue weighted by molar-refractivity contribution is 6.32. The predicted octanol–water partition coefficient (Wildman–Crippen LogP) is 5.64. The van der Waals surface area contributed by atoms with Crippen LogP contribution in [0.4, 0.5) is 24.8 Å². The summed E-state index contributed by atoms with van der Waals surface area (Å²) in [5.41, 5.74) is 1.82. The van der Waals surface area contributed by atoms with E-state index in [1.54, 1.807) is 43.5 Å². The minimum absolute atomic E-state index is 0.0207. The highest BCUT2D eigenvalue weighted by Crippen LogP contribution is 2.37. The molecule has 3 heterocycles. The molecule has 172 valence electrons. The fraction of sp³-hybridized carbons (Fsp3) is 0.227. The molecule has 0 bridgehead atoms. The minimum atomic E-state index is -4.51. The number of halogens is 4. The van der Waals surface area contributed by atoms with Crippen molar-refractivity contribution in [2.24, 2.45) is 0 Å². The SMILES string of the molecule is CC(Nc1ncc(N(C)C)c(-c2c[nH]c3ncc(C(F)(F)F)cc23)n1)c1ccc(O)c(Cl)c1. The zero-order chi connectivity index (χ0) is 23.9. The van der Waals surface area contributed by atoms with E-state index in [-0.39, 0.29) is 22.8 Å². The van der Waals surface area contributed by atoms with Gasteiger partial charge in [-0.1, -0.05) is 17.7 Å². The number of hydrogen-bond donors (Lipinski definition) is 3. The highest BCUT2D eigenvalue weighted by atomic mass is 35.5. The number of benzene rings is 1. The molecule has 11 heteroatoms. The van der Waals surface area contributed by atoms with E-state index < -0.39 is 11.7 Å². The molecule has 0 radical (unpaired) electrons. The Bertz CT molecular complexity index is 1320. The molecule has 4 rings (SSSR count). The van der Waals surface area contributed by atoms with E-state index in [4.69, 9.17) is 11.6 Å². The molecule has 0 aliphatic rings. The van der Waals surface area contributed by atoms with Crippen molar-refractivity contribution in [2.45, 2.75) is 19.1 Å². The predicted molar refractivity (Wildman–Crippen MR) is 122 cm³/mol. The van der Waals surface area contributed by atoms with Gasteiger partial charge in [0.15, 0.2) is 0 Å². The Morgan fingerprint density at radius 1 is 1.15 bits per heavy atom. The lowest BCUT2D eigenvalue weighted by atomic mass is 10.1. The highest BCUT2D eigenvalue weighted by Gasteiger charge is 2.31. The van der Waals surface area contributed by atoms with Crippen LogP contribution in [-0.2, 0) is 6.18 Å². The molecule has 3 aromatic heterocycles. The summed E-state index contributed by atoms with van der Waals surface area (Å²) in [6.07, 6.45) is -0.534. The molecule has 1 unspecified atom stereocenters. The number of pyridine rings is 1. The van der Waals surface area contributed by atoms with Gasteiger partial charge in [0.2, 0.25) is 5.95 Å². The van der Waals surface area contributed by atoms with E-state index in [1.807, 2.05) is 6.92 Å². The van der Waals surface area contributed by atoms with E-state index in [0.29, 0.717) is 28.0 Å². The number of aromatic nitrogens is 4. The van der Waals surface area contributed by atoms with Gasteiger partial charge in [0.25, 0.3) is 0 Å². The van der Waals surface area contributed by atoms with E-state index in [2.05, 4.69) is 25.3 Å². The third kappa shape index (κ3) is 4.51. The van der Waals surface area contributed by atoms with Crippen LogP contribution < -0.4 is 10.2 Å². The molecule has 7 nitrogen and oxygen atoms in total. The molecule has 1 atom stereocenters. The summed E-state index contributed by atoms with van der Waals surface area (Å²) in [4.78, 5) is 17.6. The monoisotopic (exact) mass is 476 g/mol. The van der Waals surface area contributed by atoms with E-state index >= 15 is 0 Å². The van der Waals surface area contributed by atoms with Crippen LogP contribution in [0.5, 0.6) is 5.75 Å². The first-order chi connectivity index (χ1) is 15.5. The third-order valence-corrected chi connectivity index (χ3v) is 5.48. The first-order valence-corrected chi connectivity index (χ1v) is 10.3. The number of nitrogens with one attached hydrogen (secondary N) is 2. The van der Waals surface area contributed by atoms with Gasteiger partial charge in [0.1, 0.15) is 17.1 Å². The lowest BCUT2D eigenvalue weighted by Crippen LogP contribution is -2.14. The Morgan fingerprint density at radius 3 is 2.58 bits per heavy atom. The first kappa shape index (κ1) is 22.7. The van der Waals surface area contributed by atoms with Crippen LogP contribution in [0.3, 0.4) is 0 Å². The number of hydrogen-bond acceptors (Lipinski definition) is 6. The molecule has 3 N–H and O–H groups in total. The number of phenols is 1. The molecule has 0 aliphatic carbocycles. The maximum absolute atomic E-state index is 13.3. The third-order valence-electron chi connectivity index (χ3n) is 5.18. The molecule has 0 saturated carbocycles. The normalized spacial score (nSPS) is 12.7. The van der Waals surface area contributed by atoms with Gasteiger partial charge in [-0.25, -0.2) is 15.0 Å². The van der Waals surface area contributed by atoms with Crippen LogP contribution in [0.1, 0.15) is 24.1 Å². The van der Waals surface area contributed by atoms with Crippen molar-refractivity contribution in [1.29, 1.82) is 0 Å². The summed E-state index contributed by atoms with van der Waals surface area (Å²) in [6, 6.07) is 5.65. The van der Waals surface area contributed by atoms with Crippen molar-refractivity contribution in [1.82, 2.24) is 19.9 Å².